The van der Waals surface area contributed by atoms with Crippen LogP contribution in [0.5, 0.6) is 0 Å². The molecule has 2 aromatic carbocycles. The van der Waals surface area contributed by atoms with Gasteiger partial charge in [0.25, 0.3) is 5.91 Å². The molecule has 0 unspecified atom stereocenters. The van der Waals surface area contributed by atoms with E-state index in [0.29, 0.717) is 11.4 Å². The molecule has 27 heavy (non-hydrogen) atoms. The molecule has 0 fully saturated rings. The third-order valence-corrected chi connectivity index (χ3v) is 4.82. The van der Waals surface area contributed by atoms with Gasteiger partial charge in [-0.2, -0.15) is 0 Å². The maximum absolute atomic E-state index is 12.2. The Morgan fingerprint density at radius 3 is 2.52 bits per heavy atom. The Morgan fingerprint density at radius 1 is 1.07 bits per heavy atom. The van der Waals surface area contributed by atoms with Crippen LogP contribution >= 0.6 is 15.9 Å². The van der Waals surface area contributed by atoms with Crippen molar-refractivity contribution >= 4 is 33.4 Å². The fraction of sp³-hybridized carbons (Fsp3) is 0.150. The molecular weight excluding hydrogens is 410 g/mol. The number of hydrogen-bond acceptors (Lipinski definition) is 4. The van der Waals surface area contributed by atoms with E-state index in [1.807, 2.05) is 50.2 Å². The van der Waals surface area contributed by atoms with Gasteiger partial charge in [-0.3, -0.25) is 9.59 Å². The van der Waals surface area contributed by atoms with Crippen LogP contribution in [0.3, 0.4) is 0 Å². The Hall–Kier alpha value is -2.93. The summed E-state index contributed by atoms with van der Waals surface area (Å²) >= 11 is 3.41. The monoisotopic (exact) mass is 427 g/mol. The first kappa shape index (κ1) is 18.8. The molecule has 138 valence electrons. The van der Waals surface area contributed by atoms with Gasteiger partial charge in [-0.1, -0.05) is 50.9 Å². The van der Waals surface area contributed by atoms with E-state index >= 15 is 0 Å². The van der Waals surface area contributed by atoms with Gasteiger partial charge in [0.15, 0.2) is 0 Å². The first-order valence-electron chi connectivity index (χ1n) is 8.30. The summed E-state index contributed by atoms with van der Waals surface area (Å²) in [5.74, 6) is -0.774. The van der Waals surface area contributed by atoms with Crippen LogP contribution in [0.15, 0.2) is 57.5 Å². The van der Waals surface area contributed by atoms with Gasteiger partial charge >= 0.3 is 0 Å². The van der Waals surface area contributed by atoms with Crippen molar-refractivity contribution < 1.29 is 14.1 Å². The summed E-state index contributed by atoms with van der Waals surface area (Å²) < 4.78 is 6.05. The molecule has 0 aliphatic carbocycles. The minimum Gasteiger partial charge on any atom is -0.350 e. The van der Waals surface area contributed by atoms with Gasteiger partial charge in [-0.15, -0.1) is 0 Å². The molecule has 1 aromatic heterocycles. The quantitative estimate of drug-likeness (QED) is 0.641. The first-order valence-corrected chi connectivity index (χ1v) is 9.09. The highest BCUT2D eigenvalue weighted by molar-refractivity contribution is 9.10. The van der Waals surface area contributed by atoms with Crippen LogP contribution in [0.4, 0.5) is 5.69 Å². The fourth-order valence-electron chi connectivity index (χ4n) is 2.42. The van der Waals surface area contributed by atoms with Crippen molar-refractivity contribution in [2.45, 2.75) is 13.8 Å². The van der Waals surface area contributed by atoms with Crippen LogP contribution in [-0.2, 0) is 4.79 Å². The van der Waals surface area contributed by atoms with Crippen LogP contribution in [0.25, 0.3) is 11.3 Å². The molecule has 0 aliphatic rings. The molecule has 1 heterocycles. The zero-order valence-corrected chi connectivity index (χ0v) is 16.5. The Bertz CT molecular complexity index is 980. The number of anilines is 1. The van der Waals surface area contributed by atoms with Crippen LogP contribution < -0.4 is 10.6 Å². The highest BCUT2D eigenvalue weighted by Gasteiger charge is 2.15. The molecule has 3 aromatic rings. The van der Waals surface area contributed by atoms with Crippen LogP contribution in [-0.4, -0.2) is 23.5 Å². The third kappa shape index (κ3) is 4.83. The average Bonchev–Trinajstić information content (AvgIpc) is 3.13. The number of hydrogen-bond donors (Lipinski definition) is 2. The molecule has 0 atom stereocenters. The van der Waals surface area contributed by atoms with E-state index in [-0.39, 0.29) is 18.2 Å². The van der Waals surface area contributed by atoms with Crippen molar-refractivity contribution in [2.24, 2.45) is 0 Å². The van der Waals surface area contributed by atoms with Gasteiger partial charge < -0.3 is 15.2 Å². The molecule has 7 heteroatoms. The minimum atomic E-state index is -0.497. The molecule has 0 spiro atoms. The first-order chi connectivity index (χ1) is 12.9. The van der Waals surface area contributed by atoms with Gasteiger partial charge in [-0.05, 0) is 37.6 Å². The molecule has 3 rings (SSSR count). The summed E-state index contributed by atoms with van der Waals surface area (Å²) in [5.41, 5.74) is 4.22. The normalized spacial score (nSPS) is 10.5. The van der Waals surface area contributed by atoms with Crippen LogP contribution in [0, 0.1) is 13.8 Å². The second kappa shape index (κ2) is 8.18. The molecule has 0 saturated heterocycles. The van der Waals surface area contributed by atoms with E-state index in [9.17, 15) is 9.59 Å². The van der Waals surface area contributed by atoms with Crippen molar-refractivity contribution in [3.05, 3.63) is 69.9 Å². The van der Waals surface area contributed by atoms with E-state index in [0.717, 1.165) is 21.2 Å². The second-order valence-corrected chi connectivity index (χ2v) is 6.99. The van der Waals surface area contributed by atoms with Crippen molar-refractivity contribution in [1.29, 1.82) is 0 Å². The summed E-state index contributed by atoms with van der Waals surface area (Å²) in [6, 6.07) is 14.7. The summed E-state index contributed by atoms with van der Waals surface area (Å²) in [7, 11) is 0. The minimum absolute atomic E-state index is 0.0536. The summed E-state index contributed by atoms with van der Waals surface area (Å²) in [6.07, 6.45) is 0. The zero-order chi connectivity index (χ0) is 19.4. The van der Waals surface area contributed by atoms with Gasteiger partial charge in [0.1, 0.15) is 5.69 Å². The lowest BCUT2D eigenvalue weighted by molar-refractivity contribution is -0.115. The van der Waals surface area contributed by atoms with Crippen molar-refractivity contribution in [2.75, 3.05) is 11.9 Å². The SMILES string of the molecule is Cc1ccc(-c2cc(C(=O)NCC(=O)Nc3ccc(Br)c(C)c3)on2)cc1. The summed E-state index contributed by atoms with van der Waals surface area (Å²) in [5, 5.41) is 9.17. The third-order valence-electron chi connectivity index (χ3n) is 3.93. The van der Waals surface area contributed by atoms with Gasteiger partial charge in [0.2, 0.25) is 11.7 Å². The number of aryl methyl sites for hydroxylation is 2. The molecule has 0 bridgehead atoms. The standard InChI is InChI=1S/C20H18BrN3O3/c1-12-3-5-14(6-4-12)17-10-18(27-24-17)20(26)22-11-19(25)23-15-7-8-16(21)13(2)9-15/h3-10H,11H2,1-2H3,(H,22,26)(H,23,25). The van der Waals surface area contributed by atoms with Crippen molar-refractivity contribution in [1.82, 2.24) is 10.5 Å². The lowest BCUT2D eigenvalue weighted by Crippen LogP contribution is -2.32. The largest absolute Gasteiger partial charge is 0.350 e. The Morgan fingerprint density at radius 2 is 1.81 bits per heavy atom. The van der Waals surface area contributed by atoms with Crippen LogP contribution in [0.1, 0.15) is 21.7 Å². The van der Waals surface area contributed by atoms with E-state index in [1.54, 1.807) is 12.1 Å². The number of aromatic nitrogens is 1. The Balaban J connectivity index is 1.56. The maximum Gasteiger partial charge on any atom is 0.290 e. The average molecular weight is 428 g/mol. The molecule has 0 radical (unpaired) electrons. The summed E-state index contributed by atoms with van der Waals surface area (Å²) in [4.78, 5) is 24.2. The van der Waals surface area contributed by atoms with Gasteiger partial charge in [-0.25, -0.2) is 0 Å². The van der Waals surface area contributed by atoms with E-state index in [1.165, 1.54) is 0 Å². The lowest BCUT2D eigenvalue weighted by Gasteiger charge is -2.07. The number of carbonyl (C=O) groups excluding carboxylic acids is 2. The van der Waals surface area contributed by atoms with E-state index in [2.05, 4.69) is 31.7 Å². The molecule has 6 nitrogen and oxygen atoms in total. The molecule has 0 saturated carbocycles. The number of nitrogens with one attached hydrogen (secondary N) is 2. The highest BCUT2D eigenvalue weighted by atomic mass is 79.9. The number of nitrogens with zero attached hydrogens (tertiary/aromatic N) is 1. The molecule has 2 amide bonds. The predicted octanol–water partition coefficient (Wildman–Crippen LogP) is 4.09. The topological polar surface area (TPSA) is 84.2 Å². The predicted molar refractivity (Wildman–Crippen MR) is 107 cm³/mol. The summed E-state index contributed by atoms with van der Waals surface area (Å²) in [6.45, 7) is 3.75. The number of amides is 2. The smallest absolute Gasteiger partial charge is 0.290 e. The highest BCUT2D eigenvalue weighted by Crippen LogP contribution is 2.20. The zero-order valence-electron chi connectivity index (χ0n) is 14.9. The lowest BCUT2D eigenvalue weighted by atomic mass is 10.1. The molecule has 2 N–H and O–H groups in total. The fourth-order valence-corrected chi connectivity index (χ4v) is 2.66. The van der Waals surface area contributed by atoms with Crippen molar-refractivity contribution in [3.63, 3.8) is 0 Å². The van der Waals surface area contributed by atoms with Gasteiger partial charge in [0, 0.05) is 21.8 Å². The second-order valence-electron chi connectivity index (χ2n) is 6.14. The molecule has 0 aliphatic heterocycles. The Labute approximate surface area is 165 Å². The Kier molecular flexibility index (Phi) is 5.71. The molecular formula is C20H18BrN3O3. The van der Waals surface area contributed by atoms with Gasteiger partial charge in [0.05, 0.1) is 6.54 Å². The van der Waals surface area contributed by atoms with Crippen LogP contribution in [0.2, 0.25) is 0 Å². The number of benzene rings is 2. The number of halogens is 1. The maximum atomic E-state index is 12.2. The van der Waals surface area contributed by atoms with E-state index in [4.69, 9.17) is 4.52 Å². The van der Waals surface area contributed by atoms with Crippen molar-refractivity contribution in [3.8, 4) is 11.3 Å². The van der Waals surface area contributed by atoms with E-state index < -0.39 is 5.91 Å². The number of rotatable bonds is 5. The number of carbonyl (C=O) groups is 2.